The van der Waals surface area contributed by atoms with Gasteiger partial charge in [-0.15, -0.1) is 0 Å². The van der Waals surface area contributed by atoms with E-state index in [0.29, 0.717) is 6.42 Å². The summed E-state index contributed by atoms with van der Waals surface area (Å²) < 4.78 is 25.6. The number of anilines is 1. The second kappa shape index (κ2) is 8.45. The Morgan fingerprint density at radius 1 is 1.09 bits per heavy atom. The highest BCUT2D eigenvalue weighted by atomic mass is 32.2. The summed E-state index contributed by atoms with van der Waals surface area (Å²) in [6, 6.07) is 5.98. The normalized spacial score (nSPS) is 12.0. The van der Waals surface area contributed by atoms with Gasteiger partial charge in [-0.25, -0.2) is 13.1 Å². The molecule has 0 aliphatic carbocycles. The average Bonchev–Trinajstić information content (AvgIpc) is 2.45. The van der Waals surface area contributed by atoms with Crippen molar-refractivity contribution in [2.45, 2.75) is 52.9 Å². The van der Waals surface area contributed by atoms with Gasteiger partial charge in [-0.3, -0.25) is 4.79 Å². The van der Waals surface area contributed by atoms with Gasteiger partial charge in [0.1, 0.15) is 0 Å². The van der Waals surface area contributed by atoms with Gasteiger partial charge in [0.25, 0.3) is 0 Å². The molecule has 0 aliphatic heterocycles. The number of benzene rings is 1. The molecule has 0 atom stereocenters. The number of para-hydroxylation sites is 1. The van der Waals surface area contributed by atoms with E-state index in [4.69, 9.17) is 0 Å². The van der Waals surface area contributed by atoms with E-state index in [2.05, 4.69) is 37.7 Å². The number of carbonyl (C=O) groups excluding carboxylic acids is 1. The number of amides is 1. The van der Waals surface area contributed by atoms with E-state index in [-0.39, 0.29) is 30.0 Å². The molecule has 0 aliphatic rings. The smallest absolute Gasteiger partial charge is 0.239 e. The van der Waals surface area contributed by atoms with Crippen LogP contribution in [0.2, 0.25) is 0 Å². The fraction of sp³-hybridized carbons (Fsp3) is 0.588. The van der Waals surface area contributed by atoms with Crippen LogP contribution >= 0.6 is 0 Å². The molecule has 0 saturated heterocycles. The molecule has 1 rings (SSSR count). The van der Waals surface area contributed by atoms with Gasteiger partial charge < -0.3 is 5.32 Å². The molecule has 0 saturated carbocycles. The Balaban J connectivity index is 2.93. The Morgan fingerprint density at radius 2 is 1.61 bits per heavy atom. The Kier molecular flexibility index (Phi) is 7.22. The molecule has 6 heteroatoms. The Hall–Kier alpha value is -1.40. The maximum absolute atomic E-state index is 12.2. The van der Waals surface area contributed by atoms with Crippen LogP contribution in [-0.2, 0) is 14.8 Å². The van der Waals surface area contributed by atoms with E-state index in [0.717, 1.165) is 16.8 Å². The van der Waals surface area contributed by atoms with Gasteiger partial charge in [0, 0.05) is 5.69 Å². The molecule has 0 spiro atoms. The molecule has 1 aromatic carbocycles. The molecule has 130 valence electrons. The first-order valence-electron chi connectivity index (χ1n) is 8.08. The first kappa shape index (κ1) is 19.6. The molecule has 0 radical (unpaired) electrons. The van der Waals surface area contributed by atoms with E-state index in [1.54, 1.807) is 6.92 Å². The molecule has 1 amide bonds. The van der Waals surface area contributed by atoms with Gasteiger partial charge in [-0.1, -0.05) is 52.8 Å². The van der Waals surface area contributed by atoms with Crippen molar-refractivity contribution in [2.24, 2.45) is 0 Å². The number of carbonyl (C=O) groups is 1. The largest absolute Gasteiger partial charge is 0.324 e. The monoisotopic (exact) mass is 340 g/mol. The lowest BCUT2D eigenvalue weighted by atomic mass is 9.92. The summed E-state index contributed by atoms with van der Waals surface area (Å²) in [5.41, 5.74) is 2.92. The van der Waals surface area contributed by atoms with Crippen LogP contribution in [0.1, 0.15) is 64.0 Å². The van der Waals surface area contributed by atoms with Gasteiger partial charge in [0.2, 0.25) is 15.9 Å². The molecule has 0 aromatic heterocycles. The van der Waals surface area contributed by atoms with Crippen molar-refractivity contribution in [2.75, 3.05) is 17.6 Å². The zero-order chi connectivity index (χ0) is 17.6. The van der Waals surface area contributed by atoms with Crippen molar-refractivity contribution in [1.29, 1.82) is 0 Å². The van der Waals surface area contributed by atoms with Crippen LogP contribution in [-0.4, -0.2) is 26.6 Å². The molecular weight excluding hydrogens is 312 g/mol. The Bertz CT molecular complexity index is 611. The molecule has 0 bridgehead atoms. The highest BCUT2D eigenvalue weighted by Gasteiger charge is 2.17. The summed E-state index contributed by atoms with van der Waals surface area (Å²) in [6.07, 6.45) is 0.518. The van der Waals surface area contributed by atoms with Crippen LogP contribution in [0.4, 0.5) is 5.69 Å². The standard InChI is InChI=1S/C17H28N2O3S/c1-6-10-23(21,22)18-11-16(20)19-17-14(12(2)3)8-7-9-15(17)13(4)5/h7-9,12-13,18H,6,10-11H2,1-5H3,(H,19,20). The zero-order valence-electron chi connectivity index (χ0n) is 14.6. The fourth-order valence-corrected chi connectivity index (χ4v) is 3.43. The number of hydrogen-bond acceptors (Lipinski definition) is 3. The third kappa shape index (κ3) is 5.95. The summed E-state index contributed by atoms with van der Waals surface area (Å²) in [5, 5.41) is 2.89. The van der Waals surface area contributed by atoms with Crippen molar-refractivity contribution in [3.05, 3.63) is 29.3 Å². The van der Waals surface area contributed by atoms with Gasteiger partial charge in [-0.2, -0.15) is 0 Å². The Morgan fingerprint density at radius 3 is 2.04 bits per heavy atom. The minimum Gasteiger partial charge on any atom is -0.324 e. The summed E-state index contributed by atoms with van der Waals surface area (Å²) in [4.78, 5) is 12.2. The fourth-order valence-electron chi connectivity index (χ4n) is 2.40. The average molecular weight is 340 g/mol. The lowest BCUT2D eigenvalue weighted by Crippen LogP contribution is -2.34. The highest BCUT2D eigenvalue weighted by molar-refractivity contribution is 7.89. The molecule has 0 unspecified atom stereocenters. The molecule has 23 heavy (non-hydrogen) atoms. The van der Waals surface area contributed by atoms with Crippen LogP contribution in [0, 0.1) is 0 Å². The molecule has 5 nitrogen and oxygen atoms in total. The van der Waals surface area contributed by atoms with Crippen LogP contribution in [0.25, 0.3) is 0 Å². The predicted molar refractivity (Wildman–Crippen MR) is 95.3 cm³/mol. The number of nitrogens with one attached hydrogen (secondary N) is 2. The lowest BCUT2D eigenvalue weighted by molar-refractivity contribution is -0.115. The van der Waals surface area contributed by atoms with Crippen molar-refractivity contribution in [3.8, 4) is 0 Å². The number of hydrogen-bond donors (Lipinski definition) is 2. The van der Waals surface area contributed by atoms with Crippen molar-refractivity contribution < 1.29 is 13.2 Å². The van der Waals surface area contributed by atoms with Crippen LogP contribution in [0.15, 0.2) is 18.2 Å². The van der Waals surface area contributed by atoms with Gasteiger partial charge in [-0.05, 0) is 29.4 Å². The van der Waals surface area contributed by atoms with E-state index in [1.165, 1.54) is 0 Å². The van der Waals surface area contributed by atoms with Crippen LogP contribution in [0.3, 0.4) is 0 Å². The predicted octanol–water partition coefficient (Wildman–Crippen LogP) is 3.20. The maximum Gasteiger partial charge on any atom is 0.239 e. The second-order valence-corrected chi connectivity index (χ2v) is 8.24. The lowest BCUT2D eigenvalue weighted by Gasteiger charge is -2.20. The van der Waals surface area contributed by atoms with Crippen LogP contribution in [0.5, 0.6) is 0 Å². The van der Waals surface area contributed by atoms with Gasteiger partial charge in [0.15, 0.2) is 0 Å². The van der Waals surface area contributed by atoms with E-state index in [1.807, 2.05) is 18.2 Å². The molecule has 1 aromatic rings. The molecule has 0 fully saturated rings. The van der Waals surface area contributed by atoms with Crippen molar-refractivity contribution in [1.82, 2.24) is 4.72 Å². The highest BCUT2D eigenvalue weighted by Crippen LogP contribution is 2.32. The molecule has 2 N–H and O–H groups in total. The van der Waals surface area contributed by atoms with Crippen molar-refractivity contribution in [3.63, 3.8) is 0 Å². The summed E-state index contributed by atoms with van der Waals surface area (Å²) in [6.45, 7) is 9.82. The first-order valence-corrected chi connectivity index (χ1v) is 9.73. The van der Waals surface area contributed by atoms with Gasteiger partial charge >= 0.3 is 0 Å². The third-order valence-electron chi connectivity index (χ3n) is 3.56. The maximum atomic E-state index is 12.2. The second-order valence-electron chi connectivity index (χ2n) is 6.31. The van der Waals surface area contributed by atoms with E-state index >= 15 is 0 Å². The summed E-state index contributed by atoms with van der Waals surface area (Å²) in [7, 11) is -3.38. The number of sulfonamides is 1. The SMILES string of the molecule is CCCS(=O)(=O)NCC(=O)Nc1c(C(C)C)cccc1C(C)C. The first-order chi connectivity index (χ1) is 10.7. The quantitative estimate of drug-likeness (QED) is 0.763. The Labute approximate surface area is 139 Å². The van der Waals surface area contributed by atoms with Crippen molar-refractivity contribution >= 4 is 21.6 Å². The summed E-state index contributed by atoms with van der Waals surface area (Å²) in [5.74, 6) is 0.210. The van der Waals surface area contributed by atoms with E-state index in [9.17, 15) is 13.2 Å². The number of rotatable bonds is 8. The topological polar surface area (TPSA) is 75.3 Å². The third-order valence-corrected chi connectivity index (χ3v) is 5.09. The molecule has 0 heterocycles. The summed E-state index contributed by atoms with van der Waals surface area (Å²) >= 11 is 0. The minimum atomic E-state index is -3.38. The van der Waals surface area contributed by atoms with Crippen LogP contribution < -0.4 is 10.0 Å². The molecular formula is C17H28N2O3S. The van der Waals surface area contributed by atoms with Gasteiger partial charge in [0.05, 0.1) is 12.3 Å². The van der Waals surface area contributed by atoms with E-state index < -0.39 is 10.0 Å². The minimum absolute atomic E-state index is 0.0279. The zero-order valence-corrected chi connectivity index (χ0v) is 15.5.